The molecule has 4 heteroatoms. The van der Waals surface area contributed by atoms with Gasteiger partial charge in [-0.3, -0.25) is 0 Å². The highest BCUT2D eigenvalue weighted by Gasteiger charge is 2.06. The van der Waals surface area contributed by atoms with Crippen LogP contribution in [0.1, 0.15) is 27.7 Å². The van der Waals surface area contributed by atoms with Gasteiger partial charge in [-0.15, -0.1) is 0 Å². The van der Waals surface area contributed by atoms with Crippen molar-refractivity contribution in [1.82, 2.24) is 0 Å². The summed E-state index contributed by atoms with van der Waals surface area (Å²) < 4.78 is 11.6. The zero-order valence-electron chi connectivity index (χ0n) is 15.0. The van der Waals surface area contributed by atoms with Crippen molar-refractivity contribution in [1.29, 1.82) is 0 Å². The highest BCUT2D eigenvalue weighted by Crippen LogP contribution is 2.26. The van der Waals surface area contributed by atoms with Gasteiger partial charge < -0.3 is 20.1 Å². The third-order valence-corrected chi connectivity index (χ3v) is 3.26. The van der Waals surface area contributed by atoms with E-state index >= 15 is 0 Å². The van der Waals surface area contributed by atoms with Gasteiger partial charge in [0.05, 0.1) is 23.6 Å². The van der Waals surface area contributed by atoms with Gasteiger partial charge in [-0.05, 0) is 52.0 Å². The van der Waals surface area contributed by atoms with Crippen LogP contribution in [-0.4, -0.2) is 25.3 Å². The van der Waals surface area contributed by atoms with Crippen LogP contribution in [-0.2, 0) is 0 Å². The fraction of sp³-hybridized carbons (Fsp3) is 0.400. The number of para-hydroxylation sites is 4. The number of rotatable bonds is 9. The molecule has 0 aliphatic rings. The van der Waals surface area contributed by atoms with Crippen molar-refractivity contribution in [2.45, 2.75) is 39.9 Å². The van der Waals surface area contributed by atoms with Crippen molar-refractivity contribution in [3.8, 4) is 11.5 Å². The van der Waals surface area contributed by atoms with E-state index in [1.807, 2.05) is 76.2 Å². The van der Waals surface area contributed by atoms with Gasteiger partial charge in [-0.1, -0.05) is 24.3 Å². The van der Waals surface area contributed by atoms with E-state index < -0.39 is 0 Å². The van der Waals surface area contributed by atoms with Crippen LogP contribution in [0.25, 0.3) is 0 Å². The second kappa shape index (κ2) is 9.06. The third-order valence-electron chi connectivity index (χ3n) is 3.26. The Balaban J connectivity index is 1.88. The van der Waals surface area contributed by atoms with E-state index in [1.165, 1.54) is 0 Å². The predicted molar refractivity (Wildman–Crippen MR) is 101 cm³/mol. The molecule has 2 aromatic rings. The SMILES string of the molecule is CC(C)Oc1ccccc1NCCNc1ccccc1OC(C)C. The minimum atomic E-state index is 0.158. The maximum atomic E-state index is 5.82. The van der Waals surface area contributed by atoms with Crippen LogP contribution < -0.4 is 20.1 Å². The standard InChI is InChI=1S/C20H28N2O2/c1-15(2)23-19-11-7-5-9-17(19)21-13-14-22-18-10-6-8-12-20(18)24-16(3)4/h5-12,15-16,21-22H,13-14H2,1-4H3. The van der Waals surface area contributed by atoms with E-state index in [-0.39, 0.29) is 12.2 Å². The van der Waals surface area contributed by atoms with Crippen LogP contribution in [0.15, 0.2) is 48.5 Å². The van der Waals surface area contributed by atoms with E-state index in [1.54, 1.807) is 0 Å². The third kappa shape index (κ3) is 5.69. The average Bonchev–Trinajstić information content (AvgIpc) is 2.53. The van der Waals surface area contributed by atoms with Gasteiger partial charge in [0.25, 0.3) is 0 Å². The molecule has 0 aliphatic heterocycles. The molecule has 0 saturated carbocycles. The number of nitrogens with one attached hydrogen (secondary N) is 2. The Morgan fingerprint density at radius 1 is 0.667 bits per heavy atom. The van der Waals surface area contributed by atoms with Gasteiger partial charge in [-0.25, -0.2) is 0 Å². The molecule has 2 rings (SSSR count). The molecule has 0 heterocycles. The molecule has 0 aliphatic carbocycles. The Hall–Kier alpha value is -2.36. The van der Waals surface area contributed by atoms with Crippen molar-refractivity contribution in [3.63, 3.8) is 0 Å². The zero-order chi connectivity index (χ0) is 17.4. The summed E-state index contributed by atoms with van der Waals surface area (Å²) >= 11 is 0. The van der Waals surface area contributed by atoms with Crippen molar-refractivity contribution in [2.75, 3.05) is 23.7 Å². The molecular formula is C20H28N2O2. The topological polar surface area (TPSA) is 42.5 Å². The van der Waals surface area contributed by atoms with Gasteiger partial charge in [-0.2, -0.15) is 0 Å². The molecule has 0 fully saturated rings. The smallest absolute Gasteiger partial charge is 0.142 e. The highest BCUT2D eigenvalue weighted by atomic mass is 16.5. The molecule has 0 aromatic heterocycles. The minimum Gasteiger partial charge on any atom is -0.489 e. The lowest BCUT2D eigenvalue weighted by atomic mass is 10.2. The van der Waals surface area contributed by atoms with Crippen LogP contribution in [0.4, 0.5) is 11.4 Å². The number of hydrogen-bond acceptors (Lipinski definition) is 4. The fourth-order valence-electron chi connectivity index (χ4n) is 2.33. The average molecular weight is 328 g/mol. The van der Waals surface area contributed by atoms with Gasteiger partial charge in [0, 0.05) is 13.1 Å². The molecule has 0 saturated heterocycles. The van der Waals surface area contributed by atoms with Crippen LogP contribution in [0, 0.1) is 0 Å². The van der Waals surface area contributed by atoms with E-state index in [9.17, 15) is 0 Å². The summed E-state index contributed by atoms with van der Waals surface area (Å²) in [6, 6.07) is 16.0. The van der Waals surface area contributed by atoms with E-state index in [4.69, 9.17) is 9.47 Å². The Kier molecular flexibility index (Phi) is 6.79. The van der Waals surface area contributed by atoms with Crippen LogP contribution in [0.2, 0.25) is 0 Å². The van der Waals surface area contributed by atoms with Crippen molar-refractivity contribution < 1.29 is 9.47 Å². The van der Waals surface area contributed by atoms with Crippen molar-refractivity contribution >= 4 is 11.4 Å². The summed E-state index contributed by atoms with van der Waals surface area (Å²) in [4.78, 5) is 0. The summed E-state index contributed by atoms with van der Waals surface area (Å²) in [7, 11) is 0. The Labute approximate surface area is 145 Å². The second-order valence-electron chi connectivity index (χ2n) is 6.18. The maximum absolute atomic E-state index is 5.82. The molecule has 2 aromatic carbocycles. The maximum Gasteiger partial charge on any atom is 0.142 e. The predicted octanol–water partition coefficient (Wildman–Crippen LogP) is 4.79. The fourth-order valence-corrected chi connectivity index (χ4v) is 2.33. The minimum absolute atomic E-state index is 0.158. The first-order valence-corrected chi connectivity index (χ1v) is 8.55. The van der Waals surface area contributed by atoms with Gasteiger partial charge in [0.15, 0.2) is 0 Å². The lowest BCUT2D eigenvalue weighted by molar-refractivity contribution is 0.243. The van der Waals surface area contributed by atoms with E-state index in [2.05, 4.69) is 10.6 Å². The monoisotopic (exact) mass is 328 g/mol. The molecule has 0 radical (unpaired) electrons. The van der Waals surface area contributed by atoms with E-state index in [0.29, 0.717) is 0 Å². The number of ether oxygens (including phenoxy) is 2. The molecule has 2 N–H and O–H groups in total. The Morgan fingerprint density at radius 3 is 1.42 bits per heavy atom. The normalized spacial score (nSPS) is 10.8. The highest BCUT2D eigenvalue weighted by molar-refractivity contribution is 5.58. The lowest BCUT2D eigenvalue weighted by Gasteiger charge is -2.17. The van der Waals surface area contributed by atoms with Gasteiger partial charge >= 0.3 is 0 Å². The second-order valence-corrected chi connectivity index (χ2v) is 6.18. The first kappa shape index (κ1) is 18.0. The summed E-state index contributed by atoms with van der Waals surface area (Å²) in [6.07, 6.45) is 0.317. The molecule has 4 nitrogen and oxygen atoms in total. The zero-order valence-corrected chi connectivity index (χ0v) is 15.0. The summed E-state index contributed by atoms with van der Waals surface area (Å²) in [5.41, 5.74) is 2.03. The number of anilines is 2. The first-order valence-electron chi connectivity index (χ1n) is 8.55. The summed E-state index contributed by atoms with van der Waals surface area (Å²) in [6.45, 7) is 9.70. The largest absolute Gasteiger partial charge is 0.489 e. The molecule has 130 valence electrons. The first-order chi connectivity index (χ1) is 11.6. The Bertz CT molecular complexity index is 571. The van der Waals surface area contributed by atoms with Crippen LogP contribution >= 0.6 is 0 Å². The van der Waals surface area contributed by atoms with Crippen LogP contribution in [0.3, 0.4) is 0 Å². The van der Waals surface area contributed by atoms with E-state index in [0.717, 1.165) is 36.0 Å². The quantitative estimate of drug-likeness (QED) is 0.650. The van der Waals surface area contributed by atoms with Gasteiger partial charge in [0.2, 0.25) is 0 Å². The Morgan fingerprint density at radius 2 is 1.04 bits per heavy atom. The molecule has 0 spiro atoms. The molecule has 0 unspecified atom stereocenters. The summed E-state index contributed by atoms with van der Waals surface area (Å²) in [5, 5.41) is 6.84. The summed E-state index contributed by atoms with van der Waals surface area (Å²) in [5.74, 6) is 1.77. The van der Waals surface area contributed by atoms with Crippen molar-refractivity contribution in [3.05, 3.63) is 48.5 Å². The molecule has 0 atom stereocenters. The van der Waals surface area contributed by atoms with Crippen LogP contribution in [0.5, 0.6) is 11.5 Å². The molecular weight excluding hydrogens is 300 g/mol. The molecule has 0 bridgehead atoms. The molecule has 24 heavy (non-hydrogen) atoms. The van der Waals surface area contributed by atoms with Gasteiger partial charge in [0.1, 0.15) is 11.5 Å². The molecule has 0 amide bonds. The van der Waals surface area contributed by atoms with Crippen molar-refractivity contribution in [2.24, 2.45) is 0 Å². The number of benzene rings is 2. The lowest BCUT2D eigenvalue weighted by Crippen LogP contribution is -2.16. The number of hydrogen-bond donors (Lipinski definition) is 2.